The molecule has 0 unspecified atom stereocenters. The van der Waals surface area contributed by atoms with E-state index in [0.717, 1.165) is 27.3 Å². The van der Waals surface area contributed by atoms with E-state index in [1.807, 2.05) is 30.3 Å². The van der Waals surface area contributed by atoms with Crippen molar-refractivity contribution < 1.29 is 87.9 Å². The number of ketones is 4. The molecule has 0 amide bonds. The van der Waals surface area contributed by atoms with Gasteiger partial charge in [-0.15, -0.1) is 0 Å². The van der Waals surface area contributed by atoms with Gasteiger partial charge in [-0.25, -0.2) is 19.2 Å². The molecule has 0 radical (unpaired) electrons. The lowest BCUT2D eigenvalue weighted by molar-refractivity contribution is -0.144. The van der Waals surface area contributed by atoms with Crippen molar-refractivity contribution in [2.75, 3.05) is 26.4 Å². The van der Waals surface area contributed by atoms with Crippen LogP contribution in [-0.4, -0.2) is 104 Å². The van der Waals surface area contributed by atoms with Crippen molar-refractivity contribution in [3.8, 4) is 34.5 Å². The molecule has 6 N–H and O–H groups in total. The van der Waals surface area contributed by atoms with Crippen LogP contribution in [0.1, 0.15) is 49.9 Å². The van der Waals surface area contributed by atoms with Crippen LogP contribution in [0.4, 0.5) is 0 Å². The van der Waals surface area contributed by atoms with E-state index in [1.165, 1.54) is 45.9 Å². The molecular weight excluding hydrogens is 1100 g/mol. The Balaban J connectivity index is 0.000000209. The van der Waals surface area contributed by atoms with Crippen molar-refractivity contribution in [3.05, 3.63) is 204 Å². The fourth-order valence-electron chi connectivity index (χ4n) is 8.21. The molecule has 0 aliphatic heterocycles. The molecule has 18 nitrogen and oxygen atoms in total. The summed E-state index contributed by atoms with van der Waals surface area (Å²) in [5.41, 5.74) is 4.00. The molecule has 0 saturated heterocycles. The Labute approximate surface area is 494 Å². The number of phenols is 6. The Morgan fingerprint density at radius 2 is 0.663 bits per heavy atom. The minimum atomic E-state index is -0.603. The van der Waals surface area contributed by atoms with E-state index in [2.05, 4.69) is 26.3 Å². The van der Waals surface area contributed by atoms with Gasteiger partial charge < -0.3 is 49.6 Å². The van der Waals surface area contributed by atoms with E-state index < -0.39 is 23.9 Å². The third kappa shape index (κ3) is 19.1. The van der Waals surface area contributed by atoms with Crippen LogP contribution >= 0.6 is 0 Å². The normalized spacial score (nSPS) is 10.4. The van der Waals surface area contributed by atoms with Gasteiger partial charge in [-0.05, 0) is 119 Å². The molecule has 0 fully saturated rings. The fraction of sp³-hybridized carbons (Fsp3) is 0.176. The van der Waals surface area contributed by atoms with Crippen LogP contribution in [-0.2, 0) is 83.0 Å². The van der Waals surface area contributed by atoms with Crippen molar-refractivity contribution in [1.29, 1.82) is 0 Å². The van der Waals surface area contributed by atoms with Crippen LogP contribution in [0.15, 0.2) is 182 Å². The number of carbonyl (C=O) groups is 8. The molecule has 0 atom stereocenters. The second kappa shape index (κ2) is 31.0. The lowest BCUT2D eigenvalue weighted by atomic mass is 9.99. The zero-order valence-corrected chi connectivity index (χ0v) is 47.8. The number of rotatable bonds is 20. The molecule has 0 bridgehead atoms. The topological polar surface area (TPSA) is 295 Å². The molecule has 8 rings (SSSR count). The summed E-state index contributed by atoms with van der Waals surface area (Å²) < 4.78 is 19.3. The van der Waals surface area contributed by atoms with Crippen molar-refractivity contribution in [1.82, 2.24) is 0 Å². The number of hydrogen-bond donors (Lipinski definition) is 6. The van der Waals surface area contributed by atoms with Gasteiger partial charge in [0.15, 0.2) is 72.6 Å². The van der Waals surface area contributed by atoms with Crippen LogP contribution < -0.4 is 0 Å². The molecule has 0 heterocycles. The van der Waals surface area contributed by atoms with Crippen molar-refractivity contribution in [3.63, 3.8) is 0 Å². The smallest absolute Gasteiger partial charge is 0.333 e. The van der Waals surface area contributed by atoms with Gasteiger partial charge in [-0.3, -0.25) is 19.2 Å². The third-order valence-corrected chi connectivity index (χ3v) is 12.5. The summed E-state index contributed by atoms with van der Waals surface area (Å²) in [4.78, 5) is 92.6. The van der Waals surface area contributed by atoms with Crippen LogP contribution in [0, 0.1) is 0 Å². The molecule has 444 valence electrons. The van der Waals surface area contributed by atoms with Crippen LogP contribution in [0.5, 0.6) is 34.5 Å². The van der Waals surface area contributed by atoms with Crippen LogP contribution in [0.3, 0.4) is 0 Å². The largest absolute Gasteiger partial charge is 0.508 e. The number of Topliss-reactive ketones (excluding diaryl/α,β-unsaturated/α-hetero) is 4. The quantitative estimate of drug-likeness (QED) is 0.0179. The van der Waals surface area contributed by atoms with Gasteiger partial charge in [-0.2, -0.15) is 0 Å². The summed E-state index contributed by atoms with van der Waals surface area (Å²) in [6.45, 7) is 18.7. The zero-order chi connectivity index (χ0) is 63.4. The summed E-state index contributed by atoms with van der Waals surface area (Å²) in [7, 11) is 0. The van der Waals surface area contributed by atoms with Crippen molar-refractivity contribution in [2.24, 2.45) is 0 Å². The molecule has 0 spiro atoms. The molecular formula is C68H64O18. The lowest BCUT2D eigenvalue weighted by Gasteiger charge is -2.09. The van der Waals surface area contributed by atoms with Gasteiger partial charge in [0, 0.05) is 58.7 Å². The maximum absolute atomic E-state index is 11.9. The average Bonchev–Trinajstić information content (AvgIpc) is 1.70. The Bertz CT molecular complexity index is 3930. The maximum atomic E-state index is 11.9. The minimum absolute atomic E-state index is 0.0605. The highest BCUT2D eigenvalue weighted by Crippen LogP contribution is 2.36. The minimum Gasteiger partial charge on any atom is -0.508 e. The standard InChI is InChI=1S/2C17H16O5.2C17H16O4/c1-10(2)17(21)22-9-13(18)6-11-4-3-5-12-7-15(19)16(20)8-14(11)12;1-10(2)17(21)22-9-12(18)8-11-4-3-5-14-13(11)6-7-15(19)16(14)20;1-11(2)17(20)21-10-13(18)9-12-5-3-7-15-14(12)6-4-8-16(15)19;1-11(2)17(20)21-10-15(19)9-13-5-3-4-12-8-14(18)6-7-16(12)13/h3-5,7-8,19-20H,1,6,9H2,2H3;3-7,19-20H,1,8-9H2,2H3;3-8,19H,1,9-10H2,2H3;3-8,18H,1,9-10H2,2H3. The number of benzene rings is 8. The van der Waals surface area contributed by atoms with Gasteiger partial charge in [-0.1, -0.05) is 123 Å². The van der Waals surface area contributed by atoms with Crippen LogP contribution in [0.25, 0.3) is 43.1 Å². The summed E-state index contributed by atoms with van der Waals surface area (Å²) in [6.07, 6.45) is 0.436. The monoisotopic (exact) mass is 1170 g/mol. The third-order valence-electron chi connectivity index (χ3n) is 12.5. The van der Waals surface area contributed by atoms with Crippen molar-refractivity contribution in [2.45, 2.75) is 53.4 Å². The summed E-state index contributed by atoms with van der Waals surface area (Å²) in [5, 5.41) is 63.5. The van der Waals surface area contributed by atoms with Gasteiger partial charge >= 0.3 is 23.9 Å². The molecule has 0 saturated carbocycles. The van der Waals surface area contributed by atoms with Gasteiger partial charge in [0.2, 0.25) is 0 Å². The predicted octanol–water partition coefficient (Wildman–Crippen LogP) is 10.5. The highest BCUT2D eigenvalue weighted by atomic mass is 16.5. The summed E-state index contributed by atoms with van der Waals surface area (Å²) >= 11 is 0. The number of aromatic hydroxyl groups is 6. The summed E-state index contributed by atoms with van der Waals surface area (Å²) in [6, 6.07) is 37.3. The maximum Gasteiger partial charge on any atom is 0.333 e. The summed E-state index contributed by atoms with van der Waals surface area (Å²) in [5.74, 6) is -3.82. The molecule has 8 aromatic carbocycles. The van der Waals surface area contributed by atoms with Gasteiger partial charge in [0.25, 0.3) is 0 Å². The number of phenolic OH excluding ortho intramolecular Hbond substituents is 6. The highest BCUT2D eigenvalue weighted by Gasteiger charge is 2.17. The first kappa shape index (κ1) is 65.9. The highest BCUT2D eigenvalue weighted by molar-refractivity contribution is 5.99. The molecule has 0 aliphatic rings. The molecule has 86 heavy (non-hydrogen) atoms. The van der Waals surface area contributed by atoms with E-state index in [0.29, 0.717) is 38.1 Å². The molecule has 0 aromatic heterocycles. The Morgan fingerprint density at radius 3 is 1.10 bits per heavy atom. The number of hydrogen-bond acceptors (Lipinski definition) is 18. The first-order valence-corrected chi connectivity index (χ1v) is 26.4. The Hall–Kier alpha value is -10.9. The second-order valence-corrected chi connectivity index (χ2v) is 19.8. The first-order valence-electron chi connectivity index (χ1n) is 26.4. The van der Waals surface area contributed by atoms with E-state index in [1.54, 1.807) is 84.9 Å². The average molecular weight is 1170 g/mol. The first-order chi connectivity index (χ1) is 40.7. The lowest BCUT2D eigenvalue weighted by Crippen LogP contribution is -2.16. The number of ether oxygens (including phenoxy) is 4. The number of carbonyl (C=O) groups excluding carboxylic acids is 8. The SMILES string of the molecule is C=C(C)C(=O)OCC(=O)Cc1cccc2c(O)c(O)ccc12.C=C(C)C(=O)OCC(=O)Cc1cccc2c(O)cccc12.C=C(C)C(=O)OCC(=O)Cc1cccc2cc(O)c(O)cc12.C=C(C)C(=O)OCC(=O)Cc1cccc2cc(O)ccc12. The fourth-order valence-corrected chi connectivity index (χ4v) is 8.21. The Kier molecular flexibility index (Phi) is 23.7. The zero-order valence-electron chi connectivity index (χ0n) is 47.8. The van der Waals surface area contributed by atoms with Crippen molar-refractivity contribution >= 4 is 90.1 Å². The van der Waals surface area contributed by atoms with Gasteiger partial charge in [0.1, 0.15) is 11.5 Å². The second-order valence-electron chi connectivity index (χ2n) is 19.8. The molecule has 8 aromatic rings. The number of esters is 4. The predicted molar refractivity (Wildman–Crippen MR) is 324 cm³/mol. The number of fused-ring (bicyclic) bond motifs is 4. The van der Waals surface area contributed by atoms with E-state index in [4.69, 9.17) is 18.9 Å². The van der Waals surface area contributed by atoms with E-state index in [9.17, 15) is 69.0 Å². The molecule has 0 aliphatic carbocycles. The van der Waals surface area contributed by atoms with Gasteiger partial charge in [0.05, 0.1) is 0 Å². The van der Waals surface area contributed by atoms with E-state index in [-0.39, 0.29) is 132 Å². The Morgan fingerprint density at radius 1 is 0.326 bits per heavy atom. The van der Waals surface area contributed by atoms with Crippen LogP contribution in [0.2, 0.25) is 0 Å². The molecule has 18 heteroatoms. The van der Waals surface area contributed by atoms with E-state index >= 15 is 0 Å².